The van der Waals surface area contributed by atoms with E-state index in [1.807, 2.05) is 19.9 Å². The van der Waals surface area contributed by atoms with Crippen LogP contribution < -0.4 is 4.31 Å². The maximum atomic E-state index is 13.3. The number of hydrogen-bond donors (Lipinski definition) is 0. The molecule has 9 heteroatoms. The Labute approximate surface area is 162 Å². The molecule has 0 aliphatic rings. The fourth-order valence-electron chi connectivity index (χ4n) is 2.82. The minimum atomic E-state index is -4.25. The molecule has 2 aromatic rings. The molecule has 2 rings (SSSR count). The van der Waals surface area contributed by atoms with Crippen LogP contribution >= 0.6 is 11.6 Å². The first kappa shape index (κ1) is 20.9. The van der Waals surface area contributed by atoms with E-state index in [0.717, 1.165) is 21.5 Å². The number of non-ortho nitro benzene ring substituents is 1. The predicted molar refractivity (Wildman–Crippen MR) is 104 cm³/mol. The van der Waals surface area contributed by atoms with E-state index in [4.69, 9.17) is 11.6 Å². The van der Waals surface area contributed by atoms with Crippen molar-refractivity contribution in [3.05, 3.63) is 63.7 Å². The molecule has 0 unspecified atom stereocenters. The summed E-state index contributed by atoms with van der Waals surface area (Å²) >= 11 is 5.54. The van der Waals surface area contributed by atoms with Crippen LogP contribution in [0.25, 0.3) is 0 Å². The Morgan fingerprint density at radius 3 is 2.15 bits per heavy atom. The Bertz CT molecular complexity index is 953. The number of sulfonamides is 1. The maximum Gasteiger partial charge on any atom is 0.270 e. The standard InChI is InChI=1S/C18H19ClN2O5S/c1-3-13-7-5-8-14(4-2)18(13)20(12-17(19)22)27(25,26)16-10-6-9-15(11-16)21(23)24/h5-11H,3-4,12H2,1-2H3. The zero-order valence-corrected chi connectivity index (χ0v) is 16.5. The van der Waals surface area contributed by atoms with E-state index in [0.29, 0.717) is 18.5 Å². The van der Waals surface area contributed by atoms with Gasteiger partial charge in [-0.05, 0) is 41.6 Å². The molecule has 0 saturated heterocycles. The molecule has 0 fully saturated rings. The zero-order chi connectivity index (χ0) is 20.2. The third kappa shape index (κ3) is 4.45. The lowest BCUT2D eigenvalue weighted by molar-refractivity contribution is -0.385. The molecule has 0 N–H and O–H groups in total. The Morgan fingerprint density at radius 1 is 1.11 bits per heavy atom. The lowest BCUT2D eigenvalue weighted by Crippen LogP contribution is -2.36. The predicted octanol–water partition coefficient (Wildman–Crippen LogP) is 3.68. The molecule has 0 saturated carbocycles. The zero-order valence-electron chi connectivity index (χ0n) is 14.9. The van der Waals surface area contributed by atoms with Crippen molar-refractivity contribution in [3.63, 3.8) is 0 Å². The van der Waals surface area contributed by atoms with Crippen molar-refractivity contribution >= 4 is 38.2 Å². The summed E-state index contributed by atoms with van der Waals surface area (Å²) in [6, 6.07) is 10.1. The van der Waals surface area contributed by atoms with Crippen LogP contribution in [0.3, 0.4) is 0 Å². The summed E-state index contributed by atoms with van der Waals surface area (Å²) in [7, 11) is -4.25. The molecule has 0 spiro atoms. The van der Waals surface area contributed by atoms with Crippen molar-refractivity contribution in [1.29, 1.82) is 0 Å². The van der Waals surface area contributed by atoms with Gasteiger partial charge in [-0.25, -0.2) is 8.42 Å². The van der Waals surface area contributed by atoms with Gasteiger partial charge in [0.25, 0.3) is 15.7 Å². The lowest BCUT2D eigenvalue weighted by atomic mass is 10.0. The minimum Gasteiger partial charge on any atom is -0.279 e. The van der Waals surface area contributed by atoms with Crippen LogP contribution in [-0.4, -0.2) is 25.1 Å². The van der Waals surface area contributed by atoms with Crippen LogP contribution in [0.4, 0.5) is 11.4 Å². The molecule has 2 aromatic carbocycles. The van der Waals surface area contributed by atoms with Crippen molar-refractivity contribution in [2.24, 2.45) is 0 Å². The second-order valence-corrected chi connectivity index (χ2v) is 8.04. The van der Waals surface area contributed by atoms with E-state index in [2.05, 4.69) is 0 Å². The number of carbonyl (C=O) groups excluding carboxylic acids is 1. The highest BCUT2D eigenvalue weighted by atomic mass is 35.5. The number of nitro groups is 1. The SMILES string of the molecule is CCc1cccc(CC)c1N(CC(=O)Cl)S(=O)(=O)c1cccc([N+](=O)[O-])c1. The quantitative estimate of drug-likeness (QED) is 0.375. The number of rotatable bonds is 8. The van der Waals surface area contributed by atoms with Gasteiger partial charge in [-0.15, -0.1) is 0 Å². The van der Waals surface area contributed by atoms with Crippen LogP contribution in [-0.2, 0) is 27.7 Å². The molecule has 0 bridgehead atoms. The van der Waals surface area contributed by atoms with Crippen molar-refractivity contribution in [3.8, 4) is 0 Å². The fraction of sp³-hybridized carbons (Fsp3) is 0.278. The minimum absolute atomic E-state index is 0.275. The second kappa shape index (κ2) is 8.49. The Hall–Kier alpha value is -2.45. The highest BCUT2D eigenvalue weighted by Crippen LogP contribution is 2.32. The normalized spacial score (nSPS) is 11.2. The second-order valence-electron chi connectivity index (χ2n) is 5.75. The van der Waals surface area contributed by atoms with E-state index >= 15 is 0 Å². The first-order valence-corrected chi connectivity index (χ1v) is 10.1. The molecule has 27 heavy (non-hydrogen) atoms. The van der Waals surface area contributed by atoms with Gasteiger partial charge in [0.2, 0.25) is 5.24 Å². The number of hydrogen-bond acceptors (Lipinski definition) is 5. The highest BCUT2D eigenvalue weighted by Gasteiger charge is 2.30. The summed E-state index contributed by atoms with van der Waals surface area (Å²) in [5.41, 5.74) is 1.51. The third-order valence-corrected chi connectivity index (χ3v) is 5.96. The number of nitrogens with zero attached hydrogens (tertiary/aromatic N) is 2. The number of benzene rings is 2. The van der Waals surface area contributed by atoms with Crippen molar-refractivity contribution in [2.75, 3.05) is 10.8 Å². The summed E-state index contributed by atoms with van der Waals surface area (Å²) < 4.78 is 27.5. The van der Waals surface area contributed by atoms with Crippen molar-refractivity contribution in [2.45, 2.75) is 31.6 Å². The molecule has 0 amide bonds. The largest absolute Gasteiger partial charge is 0.279 e. The van der Waals surface area contributed by atoms with Gasteiger partial charge in [-0.1, -0.05) is 38.1 Å². The molecule has 0 heterocycles. The smallest absolute Gasteiger partial charge is 0.270 e. The topological polar surface area (TPSA) is 97.6 Å². The molecular weight excluding hydrogens is 392 g/mol. The molecule has 0 atom stereocenters. The van der Waals surface area contributed by atoms with Crippen molar-refractivity contribution < 1.29 is 18.1 Å². The molecule has 0 radical (unpaired) electrons. The Kier molecular flexibility index (Phi) is 6.56. The average Bonchev–Trinajstić information content (AvgIpc) is 2.65. The summed E-state index contributed by atoms with van der Waals surface area (Å²) in [5.74, 6) is 0. The van der Waals surface area contributed by atoms with Crippen LogP contribution in [0.15, 0.2) is 47.4 Å². The number of aryl methyl sites for hydroxylation is 2. The molecule has 0 aliphatic carbocycles. The first-order chi connectivity index (χ1) is 12.7. The van der Waals surface area contributed by atoms with Gasteiger partial charge in [-0.3, -0.25) is 19.2 Å². The van der Waals surface area contributed by atoms with Gasteiger partial charge in [0.05, 0.1) is 15.5 Å². The van der Waals surface area contributed by atoms with Gasteiger partial charge < -0.3 is 0 Å². The van der Waals surface area contributed by atoms with Crippen LogP contribution in [0, 0.1) is 10.1 Å². The van der Waals surface area contributed by atoms with Crippen molar-refractivity contribution in [1.82, 2.24) is 0 Å². The molecule has 7 nitrogen and oxygen atoms in total. The Balaban J connectivity index is 2.73. The number of anilines is 1. The van der Waals surface area contributed by atoms with Gasteiger partial charge >= 0.3 is 0 Å². The van der Waals surface area contributed by atoms with E-state index in [1.165, 1.54) is 18.2 Å². The number of carbonyl (C=O) groups is 1. The summed E-state index contributed by atoms with van der Waals surface area (Å²) in [6.07, 6.45) is 1.08. The van der Waals surface area contributed by atoms with Gasteiger partial charge in [0.15, 0.2) is 0 Å². The Morgan fingerprint density at radius 2 is 1.67 bits per heavy atom. The van der Waals surface area contributed by atoms with Crippen LogP contribution in [0.5, 0.6) is 0 Å². The third-order valence-electron chi connectivity index (χ3n) is 4.10. The molecule has 0 aliphatic heterocycles. The lowest BCUT2D eigenvalue weighted by Gasteiger charge is -2.27. The van der Waals surface area contributed by atoms with Gasteiger partial charge in [0.1, 0.15) is 6.54 Å². The molecule has 144 valence electrons. The highest BCUT2D eigenvalue weighted by molar-refractivity contribution is 7.92. The first-order valence-electron chi connectivity index (χ1n) is 8.28. The van der Waals surface area contributed by atoms with E-state index < -0.39 is 26.7 Å². The van der Waals surface area contributed by atoms with E-state index in [9.17, 15) is 23.3 Å². The number of nitro benzene ring substituents is 1. The number of para-hydroxylation sites is 1. The fourth-order valence-corrected chi connectivity index (χ4v) is 4.54. The van der Waals surface area contributed by atoms with Crippen LogP contribution in [0.2, 0.25) is 0 Å². The van der Waals surface area contributed by atoms with Gasteiger partial charge in [-0.2, -0.15) is 0 Å². The number of halogens is 1. The molecule has 0 aromatic heterocycles. The van der Waals surface area contributed by atoms with Gasteiger partial charge in [0, 0.05) is 12.1 Å². The summed E-state index contributed by atoms with van der Waals surface area (Å²) in [5, 5.41) is 10.2. The van der Waals surface area contributed by atoms with E-state index in [-0.39, 0.29) is 10.6 Å². The maximum absolute atomic E-state index is 13.3. The molecular formula is C18H19ClN2O5S. The average molecular weight is 411 g/mol. The summed E-state index contributed by atoms with van der Waals surface area (Å²) in [4.78, 5) is 21.7. The monoisotopic (exact) mass is 410 g/mol. The van der Waals surface area contributed by atoms with Crippen LogP contribution in [0.1, 0.15) is 25.0 Å². The summed E-state index contributed by atoms with van der Waals surface area (Å²) in [6.45, 7) is 3.18. The van der Waals surface area contributed by atoms with E-state index in [1.54, 1.807) is 12.1 Å².